The van der Waals surface area contributed by atoms with Gasteiger partial charge in [0, 0.05) is 24.7 Å². The lowest BCUT2D eigenvalue weighted by molar-refractivity contribution is 0.0479. The molecule has 0 radical (unpaired) electrons. The molecule has 1 aliphatic heterocycles. The molecule has 2 unspecified atom stereocenters. The summed E-state index contributed by atoms with van der Waals surface area (Å²) in [6.45, 7) is 5.64. The molecule has 2 rings (SSSR count). The van der Waals surface area contributed by atoms with Gasteiger partial charge >= 0.3 is 0 Å². The summed E-state index contributed by atoms with van der Waals surface area (Å²) in [5.41, 5.74) is 6.39. The van der Waals surface area contributed by atoms with Gasteiger partial charge in [-0.1, -0.05) is 19.3 Å². The molecular formula is C15H31N3. The summed E-state index contributed by atoms with van der Waals surface area (Å²) in [5.74, 6) is 0.944. The van der Waals surface area contributed by atoms with Crippen LogP contribution in [0.25, 0.3) is 0 Å². The minimum Gasteiger partial charge on any atom is -0.329 e. The van der Waals surface area contributed by atoms with Gasteiger partial charge in [0.25, 0.3) is 0 Å². The minimum atomic E-state index is 0.238. The third-order valence-corrected chi connectivity index (χ3v) is 5.04. The molecule has 0 amide bonds. The van der Waals surface area contributed by atoms with Crippen LogP contribution in [0.1, 0.15) is 45.4 Å². The van der Waals surface area contributed by atoms with Gasteiger partial charge in [0.15, 0.2) is 0 Å². The molecule has 2 fully saturated rings. The zero-order valence-corrected chi connectivity index (χ0v) is 12.5. The van der Waals surface area contributed by atoms with E-state index in [4.69, 9.17) is 5.73 Å². The fraction of sp³-hybridized carbons (Fsp3) is 1.00. The van der Waals surface area contributed by atoms with Gasteiger partial charge < -0.3 is 10.6 Å². The number of hydrogen-bond donors (Lipinski definition) is 1. The van der Waals surface area contributed by atoms with Crippen LogP contribution >= 0.6 is 0 Å². The van der Waals surface area contributed by atoms with E-state index in [-0.39, 0.29) is 5.54 Å². The Morgan fingerprint density at radius 2 is 1.94 bits per heavy atom. The Labute approximate surface area is 113 Å². The van der Waals surface area contributed by atoms with Crippen LogP contribution < -0.4 is 5.73 Å². The predicted octanol–water partition coefficient (Wildman–Crippen LogP) is 1.92. The summed E-state index contributed by atoms with van der Waals surface area (Å²) in [4.78, 5) is 5.05. The highest BCUT2D eigenvalue weighted by molar-refractivity contribution is 4.97. The lowest BCUT2D eigenvalue weighted by Gasteiger charge is -2.46. The molecule has 0 bridgehead atoms. The second-order valence-corrected chi connectivity index (χ2v) is 6.95. The molecule has 1 aliphatic carbocycles. The Morgan fingerprint density at radius 3 is 2.44 bits per heavy atom. The van der Waals surface area contributed by atoms with Crippen LogP contribution in [0.3, 0.4) is 0 Å². The van der Waals surface area contributed by atoms with Crippen molar-refractivity contribution in [3.63, 3.8) is 0 Å². The van der Waals surface area contributed by atoms with Crippen molar-refractivity contribution in [1.29, 1.82) is 0 Å². The predicted molar refractivity (Wildman–Crippen MR) is 77.7 cm³/mol. The smallest absolute Gasteiger partial charge is 0.0309 e. The molecule has 2 atom stereocenters. The number of nitrogens with zero attached hydrogens (tertiary/aromatic N) is 2. The average molecular weight is 253 g/mol. The van der Waals surface area contributed by atoms with Gasteiger partial charge in [-0.15, -0.1) is 0 Å². The first kappa shape index (κ1) is 14.3. The van der Waals surface area contributed by atoms with E-state index in [0.717, 1.165) is 12.5 Å². The quantitative estimate of drug-likeness (QED) is 0.785. The van der Waals surface area contributed by atoms with E-state index in [1.165, 1.54) is 51.6 Å². The normalized spacial score (nSPS) is 29.5. The maximum atomic E-state index is 6.15. The Kier molecular flexibility index (Phi) is 4.68. The maximum absolute atomic E-state index is 6.15. The lowest BCUT2D eigenvalue weighted by atomic mass is 9.75. The van der Waals surface area contributed by atoms with Crippen molar-refractivity contribution in [2.24, 2.45) is 11.7 Å². The zero-order valence-electron chi connectivity index (χ0n) is 12.5. The highest BCUT2D eigenvalue weighted by Crippen LogP contribution is 2.38. The summed E-state index contributed by atoms with van der Waals surface area (Å²) in [6.07, 6.45) is 8.31. The van der Waals surface area contributed by atoms with E-state index >= 15 is 0 Å². The molecule has 1 saturated heterocycles. The average Bonchev–Trinajstić information content (AvgIpc) is 2.71. The summed E-state index contributed by atoms with van der Waals surface area (Å²) >= 11 is 0. The van der Waals surface area contributed by atoms with E-state index < -0.39 is 0 Å². The number of nitrogens with two attached hydrogens (primary N) is 1. The fourth-order valence-electron chi connectivity index (χ4n) is 3.79. The summed E-state index contributed by atoms with van der Waals surface area (Å²) in [5, 5.41) is 0. The second kappa shape index (κ2) is 5.89. The van der Waals surface area contributed by atoms with Crippen LogP contribution in [0.4, 0.5) is 0 Å². The SMILES string of the molecule is CN(C)CC1CCCN1C(C)(CN)CC1CCC1. The second-order valence-electron chi connectivity index (χ2n) is 6.95. The third-order valence-electron chi connectivity index (χ3n) is 5.04. The van der Waals surface area contributed by atoms with E-state index in [0.29, 0.717) is 6.04 Å². The molecule has 0 spiro atoms. The molecule has 2 aliphatic rings. The van der Waals surface area contributed by atoms with Crippen molar-refractivity contribution in [2.45, 2.75) is 57.0 Å². The monoisotopic (exact) mass is 253 g/mol. The van der Waals surface area contributed by atoms with Crippen LogP contribution in [0, 0.1) is 5.92 Å². The van der Waals surface area contributed by atoms with Crippen molar-refractivity contribution >= 4 is 0 Å². The van der Waals surface area contributed by atoms with Crippen molar-refractivity contribution in [3.8, 4) is 0 Å². The Bertz CT molecular complexity index is 262. The van der Waals surface area contributed by atoms with Crippen molar-refractivity contribution in [1.82, 2.24) is 9.80 Å². The standard InChI is InChI=1S/C15H31N3/c1-15(12-16,10-13-6-4-7-13)18-9-5-8-14(18)11-17(2)3/h13-14H,4-12,16H2,1-3H3. The highest BCUT2D eigenvalue weighted by Gasteiger charge is 2.40. The molecule has 0 aromatic carbocycles. The first-order valence-electron chi connectivity index (χ1n) is 7.67. The van der Waals surface area contributed by atoms with E-state index in [1.54, 1.807) is 0 Å². The minimum absolute atomic E-state index is 0.238. The molecule has 18 heavy (non-hydrogen) atoms. The zero-order chi connectivity index (χ0) is 13.2. The van der Waals surface area contributed by atoms with Crippen molar-refractivity contribution in [2.75, 3.05) is 33.7 Å². The number of likely N-dealkylation sites (N-methyl/N-ethyl adjacent to an activating group) is 1. The van der Waals surface area contributed by atoms with Gasteiger partial charge in [-0.2, -0.15) is 0 Å². The van der Waals surface area contributed by atoms with E-state index in [9.17, 15) is 0 Å². The molecule has 0 aromatic rings. The van der Waals surface area contributed by atoms with Crippen LogP contribution in [0.2, 0.25) is 0 Å². The molecule has 2 N–H and O–H groups in total. The third kappa shape index (κ3) is 3.06. The maximum Gasteiger partial charge on any atom is 0.0309 e. The van der Waals surface area contributed by atoms with Gasteiger partial charge in [-0.05, 0) is 52.7 Å². The van der Waals surface area contributed by atoms with E-state index in [2.05, 4.69) is 30.8 Å². The van der Waals surface area contributed by atoms with Gasteiger partial charge in [0.1, 0.15) is 0 Å². The molecular weight excluding hydrogens is 222 g/mol. The van der Waals surface area contributed by atoms with E-state index in [1.807, 2.05) is 0 Å². The van der Waals surface area contributed by atoms with Crippen molar-refractivity contribution < 1.29 is 0 Å². The molecule has 106 valence electrons. The number of rotatable bonds is 6. The topological polar surface area (TPSA) is 32.5 Å². The van der Waals surface area contributed by atoms with Gasteiger partial charge in [0.2, 0.25) is 0 Å². The Hall–Kier alpha value is -0.120. The van der Waals surface area contributed by atoms with Crippen molar-refractivity contribution in [3.05, 3.63) is 0 Å². The molecule has 1 saturated carbocycles. The summed E-state index contributed by atoms with van der Waals surface area (Å²) < 4.78 is 0. The largest absolute Gasteiger partial charge is 0.329 e. The Balaban J connectivity index is 1.99. The Morgan fingerprint density at radius 1 is 1.22 bits per heavy atom. The van der Waals surface area contributed by atoms with Crippen LogP contribution in [-0.4, -0.2) is 55.1 Å². The first-order chi connectivity index (χ1) is 8.55. The van der Waals surface area contributed by atoms with Gasteiger partial charge in [0.05, 0.1) is 0 Å². The highest BCUT2D eigenvalue weighted by atomic mass is 15.3. The molecule has 0 aromatic heterocycles. The number of hydrogen-bond acceptors (Lipinski definition) is 3. The summed E-state index contributed by atoms with van der Waals surface area (Å²) in [7, 11) is 4.37. The van der Waals surface area contributed by atoms with Gasteiger partial charge in [-0.3, -0.25) is 4.90 Å². The fourth-order valence-corrected chi connectivity index (χ4v) is 3.79. The number of likely N-dealkylation sites (tertiary alicyclic amines) is 1. The lowest BCUT2D eigenvalue weighted by Crippen LogP contribution is -2.56. The van der Waals surface area contributed by atoms with Gasteiger partial charge in [-0.25, -0.2) is 0 Å². The van der Waals surface area contributed by atoms with Crippen LogP contribution in [0.5, 0.6) is 0 Å². The molecule has 1 heterocycles. The summed E-state index contributed by atoms with van der Waals surface area (Å²) in [6, 6.07) is 0.716. The van der Waals surface area contributed by atoms with Crippen LogP contribution in [0.15, 0.2) is 0 Å². The molecule has 3 heteroatoms. The molecule has 3 nitrogen and oxygen atoms in total. The van der Waals surface area contributed by atoms with Crippen LogP contribution in [-0.2, 0) is 0 Å². The first-order valence-corrected chi connectivity index (χ1v) is 7.67.